The van der Waals surface area contributed by atoms with Crippen LogP contribution in [-0.4, -0.2) is 19.1 Å². The first-order chi connectivity index (χ1) is 26.8. The number of para-hydroxylation sites is 4. The lowest BCUT2D eigenvalue weighted by Crippen LogP contribution is -2.08. The number of fused-ring (bicyclic) bond motifs is 8. The Hall–Kier alpha value is -7.29. The van der Waals surface area contributed by atoms with Gasteiger partial charge in [-0.2, -0.15) is 5.26 Å². The third kappa shape index (κ3) is 4.44. The molecule has 0 radical (unpaired) electrons. The molecule has 3 heterocycles. The summed E-state index contributed by atoms with van der Waals surface area (Å²) in [7, 11) is 0. The summed E-state index contributed by atoms with van der Waals surface area (Å²) < 4.78 is 4.84. The van der Waals surface area contributed by atoms with E-state index in [9.17, 15) is 5.26 Å². The van der Waals surface area contributed by atoms with Crippen molar-refractivity contribution in [2.75, 3.05) is 0 Å². The first kappa shape index (κ1) is 30.3. The van der Waals surface area contributed by atoms with Gasteiger partial charge in [0.1, 0.15) is 6.07 Å². The van der Waals surface area contributed by atoms with Crippen LogP contribution in [0.1, 0.15) is 34.9 Å². The molecule has 5 heteroatoms. The summed E-state index contributed by atoms with van der Waals surface area (Å²) in [4.78, 5) is 9.70. The van der Waals surface area contributed by atoms with E-state index in [1.807, 2.05) is 24.3 Å². The maximum absolute atomic E-state index is 10.0. The number of benzene rings is 7. The van der Waals surface area contributed by atoms with Crippen molar-refractivity contribution in [1.82, 2.24) is 19.1 Å². The van der Waals surface area contributed by atoms with Gasteiger partial charge in [-0.05, 0) is 83.6 Å². The van der Waals surface area contributed by atoms with Crippen LogP contribution in [0.25, 0.3) is 83.2 Å². The molecule has 3 aromatic heterocycles. The summed E-state index contributed by atoms with van der Waals surface area (Å²) in [6.45, 7) is 0. The van der Waals surface area contributed by atoms with E-state index in [-0.39, 0.29) is 5.92 Å². The van der Waals surface area contributed by atoms with E-state index >= 15 is 0 Å². The number of aromatic nitrogens is 4. The van der Waals surface area contributed by atoms with Crippen LogP contribution >= 0.6 is 0 Å². The van der Waals surface area contributed by atoms with Crippen LogP contribution in [0.15, 0.2) is 164 Å². The molecule has 252 valence electrons. The maximum Gasteiger partial charge on any atom is 0.161 e. The van der Waals surface area contributed by atoms with Crippen LogP contribution in [0.5, 0.6) is 0 Å². The summed E-state index contributed by atoms with van der Waals surface area (Å²) in [5, 5.41) is 16.7. The first-order valence-corrected chi connectivity index (χ1v) is 18.3. The van der Waals surface area contributed by atoms with Crippen LogP contribution in [0.4, 0.5) is 0 Å². The van der Waals surface area contributed by atoms with Gasteiger partial charge in [0, 0.05) is 44.1 Å². The van der Waals surface area contributed by atoms with Crippen molar-refractivity contribution in [3.8, 4) is 28.8 Å². The minimum absolute atomic E-state index is 0.170. The fraction of sp³-hybridized carbons (Fsp3) is 0.0408. The van der Waals surface area contributed by atoms with Crippen molar-refractivity contribution in [2.45, 2.75) is 12.3 Å². The molecule has 10 aromatic rings. The van der Waals surface area contributed by atoms with Gasteiger partial charge >= 0.3 is 0 Å². The number of hydrogen-bond donors (Lipinski definition) is 0. The van der Waals surface area contributed by atoms with Gasteiger partial charge in [-0.15, -0.1) is 0 Å². The standard InChI is InChI=1S/C49H31N5/c50-30-42-39-18-6-9-21-41(39)51-49(52-42)38-27-28-45(35-16-5-4-15-34(35)38)54-44-23-11-8-19-40(44)48-33(20-12-24-46(48)54)31-25-26-37-36-17-7-10-22-43(36)53(47(37)29-31)32-13-2-1-3-14-32/h1-19,21-29,33H,20H2. The SMILES string of the molecule is N#Cc1nc(-c2ccc(-n3c4c(c5ccccc53)C(c3ccc5c6ccccc6n(-c6ccccc6)c5c3)CC=C4)c3ccccc23)nc2ccccc12. The Morgan fingerprint density at radius 1 is 0.556 bits per heavy atom. The van der Waals surface area contributed by atoms with Gasteiger partial charge in [0.2, 0.25) is 0 Å². The van der Waals surface area contributed by atoms with Crippen LogP contribution < -0.4 is 0 Å². The highest BCUT2D eigenvalue weighted by Gasteiger charge is 2.28. The molecule has 1 aliphatic carbocycles. The third-order valence-corrected chi connectivity index (χ3v) is 11.2. The van der Waals surface area contributed by atoms with Crippen molar-refractivity contribution >= 4 is 60.5 Å². The molecule has 1 aliphatic rings. The van der Waals surface area contributed by atoms with Gasteiger partial charge in [0.15, 0.2) is 11.5 Å². The summed E-state index contributed by atoms with van der Waals surface area (Å²) >= 11 is 0. The van der Waals surface area contributed by atoms with E-state index < -0.39 is 0 Å². The summed E-state index contributed by atoms with van der Waals surface area (Å²) in [6.07, 6.45) is 5.56. The molecule has 1 unspecified atom stereocenters. The van der Waals surface area contributed by atoms with Gasteiger partial charge in [-0.25, -0.2) is 9.97 Å². The fourth-order valence-corrected chi connectivity index (χ4v) is 8.83. The average Bonchev–Trinajstić information content (AvgIpc) is 3.76. The van der Waals surface area contributed by atoms with Crippen molar-refractivity contribution in [2.24, 2.45) is 0 Å². The molecule has 5 nitrogen and oxygen atoms in total. The van der Waals surface area contributed by atoms with Gasteiger partial charge in [-0.1, -0.05) is 109 Å². The minimum Gasteiger partial charge on any atom is -0.309 e. The highest BCUT2D eigenvalue weighted by atomic mass is 15.0. The molecule has 54 heavy (non-hydrogen) atoms. The van der Waals surface area contributed by atoms with E-state index in [2.05, 4.69) is 161 Å². The average molecular weight is 690 g/mol. The minimum atomic E-state index is 0.170. The van der Waals surface area contributed by atoms with E-state index in [0.29, 0.717) is 11.5 Å². The number of hydrogen-bond acceptors (Lipinski definition) is 3. The summed E-state index contributed by atoms with van der Waals surface area (Å²) in [6, 6.07) is 58.1. The molecule has 0 aliphatic heterocycles. The highest BCUT2D eigenvalue weighted by molar-refractivity contribution is 6.09. The molecule has 0 saturated heterocycles. The lowest BCUT2D eigenvalue weighted by molar-refractivity contribution is 0.820. The number of allylic oxidation sites excluding steroid dienone is 1. The second-order valence-corrected chi connectivity index (χ2v) is 14.0. The molecular weight excluding hydrogens is 659 g/mol. The zero-order valence-electron chi connectivity index (χ0n) is 29.2. The van der Waals surface area contributed by atoms with Gasteiger partial charge in [-0.3, -0.25) is 0 Å². The Morgan fingerprint density at radius 2 is 1.22 bits per heavy atom. The topological polar surface area (TPSA) is 59.4 Å². The number of nitrogens with zero attached hydrogens (tertiary/aromatic N) is 5. The lowest BCUT2D eigenvalue weighted by Gasteiger charge is -2.22. The molecule has 11 rings (SSSR count). The van der Waals surface area contributed by atoms with E-state index in [1.165, 1.54) is 49.5 Å². The van der Waals surface area contributed by atoms with Gasteiger partial charge in [0.25, 0.3) is 0 Å². The van der Waals surface area contributed by atoms with E-state index in [1.54, 1.807) is 0 Å². The molecule has 0 bridgehead atoms. The predicted octanol–water partition coefficient (Wildman–Crippen LogP) is 11.9. The zero-order valence-corrected chi connectivity index (χ0v) is 29.2. The Labute approximate surface area is 311 Å². The zero-order chi connectivity index (χ0) is 35.8. The predicted molar refractivity (Wildman–Crippen MR) is 220 cm³/mol. The monoisotopic (exact) mass is 689 g/mol. The van der Waals surface area contributed by atoms with Crippen molar-refractivity contribution in [1.29, 1.82) is 5.26 Å². The second-order valence-electron chi connectivity index (χ2n) is 14.0. The van der Waals surface area contributed by atoms with Crippen molar-refractivity contribution < 1.29 is 0 Å². The molecule has 0 amide bonds. The van der Waals surface area contributed by atoms with Crippen molar-refractivity contribution in [3.63, 3.8) is 0 Å². The van der Waals surface area contributed by atoms with Gasteiger partial charge in [0.05, 0.1) is 33.4 Å². The quantitative estimate of drug-likeness (QED) is 0.185. The summed E-state index contributed by atoms with van der Waals surface area (Å²) in [5.74, 6) is 0.722. The van der Waals surface area contributed by atoms with E-state index in [0.717, 1.165) is 45.0 Å². The van der Waals surface area contributed by atoms with Crippen LogP contribution in [0.3, 0.4) is 0 Å². The van der Waals surface area contributed by atoms with Crippen molar-refractivity contribution in [3.05, 3.63) is 186 Å². The Kier molecular flexibility index (Phi) is 6.67. The molecule has 0 saturated carbocycles. The molecule has 0 fully saturated rings. The molecule has 0 N–H and O–H groups in total. The number of nitriles is 1. The van der Waals surface area contributed by atoms with Crippen LogP contribution in [-0.2, 0) is 0 Å². The second kappa shape index (κ2) is 11.9. The maximum atomic E-state index is 10.0. The largest absolute Gasteiger partial charge is 0.309 e. The smallest absolute Gasteiger partial charge is 0.161 e. The van der Waals surface area contributed by atoms with E-state index in [4.69, 9.17) is 9.97 Å². The summed E-state index contributed by atoms with van der Waals surface area (Å²) in [5.41, 5.74) is 11.8. The normalized spacial score (nSPS) is 13.9. The third-order valence-electron chi connectivity index (χ3n) is 11.2. The first-order valence-electron chi connectivity index (χ1n) is 18.3. The lowest BCUT2D eigenvalue weighted by atomic mass is 9.83. The highest BCUT2D eigenvalue weighted by Crippen LogP contribution is 2.45. The molecular formula is C49H31N5. The molecule has 0 spiro atoms. The van der Waals surface area contributed by atoms with Gasteiger partial charge < -0.3 is 9.13 Å². The van der Waals surface area contributed by atoms with Crippen LogP contribution in [0, 0.1) is 11.3 Å². The Bertz CT molecular complexity index is 3210. The molecule has 7 aromatic carbocycles. The fourth-order valence-electron chi connectivity index (χ4n) is 8.83. The molecule has 1 atom stereocenters. The van der Waals surface area contributed by atoms with Crippen LogP contribution in [0.2, 0.25) is 0 Å². The number of rotatable bonds is 4. The Morgan fingerprint density at radius 3 is 2.04 bits per heavy atom. The Balaban J connectivity index is 1.12.